The first-order chi connectivity index (χ1) is 8.63. The van der Waals surface area contributed by atoms with Crippen molar-refractivity contribution in [2.45, 2.75) is 6.92 Å². The quantitative estimate of drug-likeness (QED) is 0.644. The van der Waals surface area contributed by atoms with E-state index in [0.717, 1.165) is 16.8 Å². The van der Waals surface area contributed by atoms with Crippen molar-refractivity contribution in [3.8, 4) is 11.4 Å². The number of benzene rings is 1. The van der Waals surface area contributed by atoms with Gasteiger partial charge in [0, 0.05) is 11.3 Å². The Morgan fingerprint density at radius 2 is 2.00 bits per heavy atom. The molecule has 0 saturated carbocycles. The second-order valence-corrected chi connectivity index (χ2v) is 4.15. The molecule has 2 heterocycles. The molecule has 0 atom stereocenters. The minimum Gasteiger partial charge on any atom is -0.396 e. The van der Waals surface area contributed by atoms with Gasteiger partial charge in [-0.2, -0.15) is 0 Å². The monoisotopic (exact) mass is 242 g/mol. The molecule has 5 heteroatoms. The largest absolute Gasteiger partial charge is 0.396 e. The van der Waals surface area contributed by atoms with E-state index in [2.05, 4.69) is 15.0 Å². The van der Waals surface area contributed by atoms with E-state index in [4.69, 9.17) is 5.73 Å². The predicted octanol–water partition coefficient (Wildman–Crippen LogP) is 2.65. The van der Waals surface area contributed by atoms with Gasteiger partial charge in [0.15, 0.2) is 5.65 Å². The highest BCUT2D eigenvalue weighted by Gasteiger charge is 2.08. The third kappa shape index (κ3) is 1.69. The second-order valence-electron chi connectivity index (χ2n) is 4.15. The zero-order chi connectivity index (χ0) is 12.7. The Labute approximate surface area is 103 Å². The van der Waals surface area contributed by atoms with Crippen LogP contribution in [0, 0.1) is 12.7 Å². The molecule has 0 saturated heterocycles. The molecular weight excluding hydrogens is 231 g/mol. The van der Waals surface area contributed by atoms with E-state index >= 15 is 0 Å². The number of anilines is 1. The van der Waals surface area contributed by atoms with Gasteiger partial charge >= 0.3 is 0 Å². The van der Waals surface area contributed by atoms with Crippen LogP contribution in [0.1, 0.15) is 5.69 Å². The molecule has 3 N–H and O–H groups in total. The molecule has 4 nitrogen and oxygen atoms in total. The van der Waals surface area contributed by atoms with E-state index in [0.29, 0.717) is 11.5 Å². The van der Waals surface area contributed by atoms with Crippen molar-refractivity contribution < 1.29 is 4.39 Å². The van der Waals surface area contributed by atoms with Gasteiger partial charge in [-0.15, -0.1) is 0 Å². The number of aryl methyl sites for hydroxylation is 1. The Morgan fingerprint density at radius 1 is 1.17 bits per heavy atom. The summed E-state index contributed by atoms with van der Waals surface area (Å²) in [4.78, 5) is 11.8. The normalized spacial score (nSPS) is 11.0. The molecule has 3 rings (SSSR count). The van der Waals surface area contributed by atoms with Gasteiger partial charge in [-0.25, -0.2) is 14.4 Å². The lowest BCUT2D eigenvalue weighted by atomic mass is 10.2. The number of aromatic nitrogens is 3. The predicted molar refractivity (Wildman–Crippen MR) is 68.4 cm³/mol. The van der Waals surface area contributed by atoms with Gasteiger partial charge in [0.25, 0.3) is 0 Å². The van der Waals surface area contributed by atoms with Crippen LogP contribution in [-0.2, 0) is 0 Å². The summed E-state index contributed by atoms with van der Waals surface area (Å²) in [6.07, 6.45) is 0. The average molecular weight is 242 g/mol. The number of nitrogens with zero attached hydrogens (tertiary/aromatic N) is 2. The standard InChI is InChI=1S/C13H11FN4/c1-7-2-5-11-13(16-7)18-12(17-11)8-3-4-9(14)10(15)6-8/h2-6H,15H2,1H3,(H,16,17,18). The van der Waals surface area contributed by atoms with Crippen LogP contribution in [0.3, 0.4) is 0 Å². The highest BCUT2D eigenvalue weighted by atomic mass is 19.1. The van der Waals surface area contributed by atoms with Gasteiger partial charge in [-0.1, -0.05) is 0 Å². The van der Waals surface area contributed by atoms with E-state index in [9.17, 15) is 4.39 Å². The van der Waals surface area contributed by atoms with Crippen molar-refractivity contribution in [1.82, 2.24) is 15.0 Å². The molecular formula is C13H11FN4. The lowest BCUT2D eigenvalue weighted by Gasteiger charge is -1.99. The van der Waals surface area contributed by atoms with Crippen LogP contribution in [-0.4, -0.2) is 15.0 Å². The van der Waals surface area contributed by atoms with Gasteiger partial charge in [0.05, 0.1) is 11.2 Å². The first-order valence-electron chi connectivity index (χ1n) is 5.52. The minimum atomic E-state index is -0.427. The summed E-state index contributed by atoms with van der Waals surface area (Å²) in [5.74, 6) is 0.207. The summed E-state index contributed by atoms with van der Waals surface area (Å²) in [6, 6.07) is 8.34. The Bertz CT molecular complexity index is 733. The van der Waals surface area contributed by atoms with Crippen LogP contribution in [0.2, 0.25) is 0 Å². The molecule has 90 valence electrons. The molecule has 1 aromatic carbocycles. The molecule has 0 aliphatic rings. The number of H-pyrrole nitrogens is 1. The molecule has 0 spiro atoms. The zero-order valence-corrected chi connectivity index (χ0v) is 9.74. The van der Waals surface area contributed by atoms with Crippen LogP contribution in [0.4, 0.5) is 10.1 Å². The van der Waals surface area contributed by atoms with Crippen LogP contribution in [0.5, 0.6) is 0 Å². The number of imidazole rings is 1. The number of pyridine rings is 1. The van der Waals surface area contributed by atoms with Gasteiger partial charge < -0.3 is 10.7 Å². The SMILES string of the molecule is Cc1ccc2[nH]c(-c3ccc(F)c(N)c3)nc2n1. The van der Waals surface area contributed by atoms with Crippen LogP contribution < -0.4 is 5.73 Å². The molecule has 0 unspecified atom stereocenters. The van der Waals surface area contributed by atoms with Crippen LogP contribution >= 0.6 is 0 Å². The van der Waals surface area contributed by atoms with E-state index in [1.165, 1.54) is 6.07 Å². The summed E-state index contributed by atoms with van der Waals surface area (Å²) in [5.41, 5.74) is 8.79. The van der Waals surface area contributed by atoms with Crippen molar-refractivity contribution >= 4 is 16.9 Å². The lowest BCUT2D eigenvalue weighted by molar-refractivity contribution is 0.632. The molecule has 3 aromatic rings. The second kappa shape index (κ2) is 3.80. The maximum atomic E-state index is 13.1. The van der Waals surface area contributed by atoms with Crippen molar-refractivity contribution in [2.24, 2.45) is 0 Å². The Kier molecular flexibility index (Phi) is 2.26. The molecule has 0 aliphatic heterocycles. The Morgan fingerprint density at radius 3 is 2.78 bits per heavy atom. The fourth-order valence-electron chi connectivity index (χ4n) is 1.81. The highest BCUT2D eigenvalue weighted by Crippen LogP contribution is 2.23. The third-order valence-electron chi connectivity index (χ3n) is 2.75. The third-order valence-corrected chi connectivity index (χ3v) is 2.75. The van der Waals surface area contributed by atoms with Crippen LogP contribution in [0.25, 0.3) is 22.6 Å². The zero-order valence-electron chi connectivity index (χ0n) is 9.74. The number of halogens is 1. The summed E-state index contributed by atoms with van der Waals surface area (Å²) in [7, 11) is 0. The molecule has 0 bridgehead atoms. The van der Waals surface area contributed by atoms with Crippen molar-refractivity contribution in [3.05, 3.63) is 41.8 Å². The first kappa shape index (κ1) is 10.7. The molecule has 0 aliphatic carbocycles. The number of nitrogens with two attached hydrogens (primary N) is 1. The van der Waals surface area contributed by atoms with Gasteiger partial charge in [0.1, 0.15) is 11.6 Å². The van der Waals surface area contributed by atoms with Gasteiger partial charge in [-0.3, -0.25) is 0 Å². The number of nitrogen functional groups attached to an aromatic ring is 1. The molecule has 2 aromatic heterocycles. The van der Waals surface area contributed by atoms with E-state index in [1.54, 1.807) is 12.1 Å². The van der Waals surface area contributed by atoms with E-state index in [1.807, 2.05) is 19.1 Å². The summed E-state index contributed by atoms with van der Waals surface area (Å²) < 4.78 is 13.1. The number of nitrogens with one attached hydrogen (secondary N) is 1. The molecule has 0 amide bonds. The number of hydrogen-bond acceptors (Lipinski definition) is 3. The summed E-state index contributed by atoms with van der Waals surface area (Å²) in [6.45, 7) is 1.91. The minimum absolute atomic E-state index is 0.108. The molecule has 0 fully saturated rings. The Balaban J connectivity index is 2.16. The number of fused-ring (bicyclic) bond motifs is 1. The molecule has 0 radical (unpaired) electrons. The van der Waals surface area contributed by atoms with E-state index < -0.39 is 5.82 Å². The summed E-state index contributed by atoms with van der Waals surface area (Å²) >= 11 is 0. The maximum Gasteiger partial charge on any atom is 0.178 e. The number of rotatable bonds is 1. The van der Waals surface area contributed by atoms with Gasteiger partial charge in [-0.05, 0) is 37.3 Å². The maximum absolute atomic E-state index is 13.1. The Hall–Kier alpha value is -2.43. The average Bonchev–Trinajstić information content (AvgIpc) is 2.75. The number of hydrogen-bond donors (Lipinski definition) is 2. The van der Waals surface area contributed by atoms with Crippen molar-refractivity contribution in [1.29, 1.82) is 0 Å². The fourth-order valence-corrected chi connectivity index (χ4v) is 1.81. The van der Waals surface area contributed by atoms with E-state index in [-0.39, 0.29) is 5.69 Å². The molecule has 18 heavy (non-hydrogen) atoms. The van der Waals surface area contributed by atoms with Crippen molar-refractivity contribution in [3.63, 3.8) is 0 Å². The van der Waals surface area contributed by atoms with Crippen LogP contribution in [0.15, 0.2) is 30.3 Å². The smallest absolute Gasteiger partial charge is 0.178 e. The lowest BCUT2D eigenvalue weighted by Crippen LogP contribution is -1.91. The van der Waals surface area contributed by atoms with Gasteiger partial charge in [0.2, 0.25) is 0 Å². The van der Waals surface area contributed by atoms with Crippen molar-refractivity contribution in [2.75, 3.05) is 5.73 Å². The highest BCUT2D eigenvalue weighted by molar-refractivity contribution is 5.76. The number of aromatic amines is 1. The fraction of sp³-hybridized carbons (Fsp3) is 0.0769. The summed E-state index contributed by atoms with van der Waals surface area (Å²) in [5, 5.41) is 0. The topological polar surface area (TPSA) is 67.6 Å². The first-order valence-corrected chi connectivity index (χ1v) is 5.52.